The predicted molar refractivity (Wildman–Crippen MR) is 69.5 cm³/mol. The van der Waals surface area contributed by atoms with Crippen LogP contribution in [0.15, 0.2) is 22.8 Å². The molecule has 0 spiro atoms. The van der Waals surface area contributed by atoms with Crippen molar-refractivity contribution in [2.75, 3.05) is 13.7 Å². The van der Waals surface area contributed by atoms with Crippen molar-refractivity contribution in [1.82, 2.24) is 5.32 Å². The minimum Gasteiger partial charge on any atom is -0.493 e. The van der Waals surface area contributed by atoms with E-state index in [2.05, 4.69) is 25.2 Å². The third-order valence-corrected chi connectivity index (χ3v) is 2.97. The molecule has 0 unspecified atom stereocenters. The second-order valence-corrected chi connectivity index (χ2v) is 4.07. The Morgan fingerprint density at radius 3 is 2.76 bits per heavy atom. The first-order chi connectivity index (χ1) is 8.30. The van der Waals surface area contributed by atoms with Crippen LogP contribution >= 0.6 is 0 Å². The number of benzene rings is 1. The molecule has 0 fully saturated rings. The number of hydrogen-bond donors (Lipinski definition) is 1. The fraction of sp³-hybridized carbons (Fsp3) is 0.429. The van der Waals surface area contributed by atoms with Crippen LogP contribution < -0.4 is 10.1 Å². The van der Waals surface area contributed by atoms with Gasteiger partial charge in [-0.15, -0.1) is 0 Å². The van der Waals surface area contributed by atoms with Crippen molar-refractivity contribution in [2.24, 2.45) is 0 Å². The van der Waals surface area contributed by atoms with Gasteiger partial charge in [-0.05, 0) is 30.7 Å². The fourth-order valence-electron chi connectivity index (χ4n) is 1.97. The van der Waals surface area contributed by atoms with E-state index in [4.69, 9.17) is 9.15 Å². The Kier molecular flexibility index (Phi) is 3.69. The summed E-state index contributed by atoms with van der Waals surface area (Å²) < 4.78 is 11.0. The van der Waals surface area contributed by atoms with E-state index in [1.807, 2.05) is 12.3 Å². The van der Waals surface area contributed by atoms with Crippen molar-refractivity contribution in [2.45, 2.75) is 26.8 Å². The van der Waals surface area contributed by atoms with Crippen molar-refractivity contribution in [1.29, 1.82) is 0 Å². The molecule has 1 N–H and O–H groups in total. The summed E-state index contributed by atoms with van der Waals surface area (Å²) >= 11 is 0. The Bertz CT molecular complexity index is 502. The van der Waals surface area contributed by atoms with Gasteiger partial charge in [0, 0.05) is 17.5 Å². The monoisotopic (exact) mass is 233 g/mol. The van der Waals surface area contributed by atoms with E-state index < -0.39 is 0 Å². The highest BCUT2D eigenvalue weighted by Crippen LogP contribution is 2.31. The van der Waals surface area contributed by atoms with Gasteiger partial charge in [0.2, 0.25) is 0 Å². The Hall–Kier alpha value is -1.48. The first-order valence-electron chi connectivity index (χ1n) is 6.07. The van der Waals surface area contributed by atoms with Crippen LogP contribution in [0.2, 0.25) is 0 Å². The smallest absolute Gasteiger partial charge is 0.176 e. The first-order valence-corrected chi connectivity index (χ1v) is 6.07. The lowest BCUT2D eigenvalue weighted by atomic mass is 10.1. The highest BCUT2D eigenvalue weighted by molar-refractivity contribution is 5.87. The summed E-state index contributed by atoms with van der Waals surface area (Å²) in [7, 11) is 1.68. The maximum Gasteiger partial charge on any atom is 0.176 e. The summed E-state index contributed by atoms with van der Waals surface area (Å²) in [4.78, 5) is 0. The fourth-order valence-corrected chi connectivity index (χ4v) is 1.97. The molecule has 0 aliphatic rings. The third kappa shape index (κ3) is 2.29. The van der Waals surface area contributed by atoms with Crippen LogP contribution in [0.25, 0.3) is 11.0 Å². The molecule has 0 atom stereocenters. The summed E-state index contributed by atoms with van der Waals surface area (Å²) in [5.41, 5.74) is 3.31. The minimum absolute atomic E-state index is 0.821. The molecule has 0 radical (unpaired) electrons. The Balaban J connectivity index is 2.50. The van der Waals surface area contributed by atoms with E-state index in [9.17, 15) is 0 Å². The van der Waals surface area contributed by atoms with E-state index >= 15 is 0 Å². The van der Waals surface area contributed by atoms with Crippen LogP contribution in [-0.2, 0) is 13.0 Å². The second kappa shape index (κ2) is 5.23. The summed E-state index contributed by atoms with van der Waals surface area (Å²) in [6.07, 6.45) is 2.81. The third-order valence-electron chi connectivity index (χ3n) is 2.97. The lowest BCUT2D eigenvalue weighted by Crippen LogP contribution is -2.11. The molecular weight excluding hydrogens is 214 g/mol. The SMILES string of the molecule is CCNCc1coc2c(OC)cc(CC)cc12. The maximum absolute atomic E-state index is 5.60. The van der Waals surface area contributed by atoms with E-state index in [-0.39, 0.29) is 0 Å². The molecule has 3 nitrogen and oxygen atoms in total. The largest absolute Gasteiger partial charge is 0.493 e. The van der Waals surface area contributed by atoms with Crippen molar-refractivity contribution >= 4 is 11.0 Å². The molecule has 92 valence electrons. The van der Waals surface area contributed by atoms with Crippen LogP contribution in [0, 0.1) is 0 Å². The molecule has 0 aliphatic carbocycles. The number of furan rings is 1. The molecule has 1 aromatic carbocycles. The average Bonchev–Trinajstić information content (AvgIpc) is 2.78. The van der Waals surface area contributed by atoms with E-state index in [0.29, 0.717) is 0 Å². The average molecular weight is 233 g/mol. The number of aryl methyl sites for hydroxylation is 1. The maximum atomic E-state index is 5.60. The number of hydrogen-bond acceptors (Lipinski definition) is 3. The zero-order valence-corrected chi connectivity index (χ0v) is 10.7. The molecule has 3 heteroatoms. The minimum atomic E-state index is 0.821. The quantitative estimate of drug-likeness (QED) is 0.861. The van der Waals surface area contributed by atoms with Gasteiger partial charge in [-0.1, -0.05) is 13.8 Å². The molecule has 0 saturated carbocycles. The Labute approximate surface area is 102 Å². The molecule has 2 aromatic rings. The lowest BCUT2D eigenvalue weighted by molar-refractivity contribution is 0.409. The van der Waals surface area contributed by atoms with Crippen LogP contribution in [0.4, 0.5) is 0 Å². The number of rotatable bonds is 5. The Morgan fingerprint density at radius 1 is 1.29 bits per heavy atom. The van der Waals surface area contributed by atoms with Gasteiger partial charge in [-0.2, -0.15) is 0 Å². The zero-order valence-electron chi connectivity index (χ0n) is 10.7. The predicted octanol–water partition coefficient (Wildman–Crippen LogP) is 3.11. The zero-order chi connectivity index (χ0) is 12.3. The van der Waals surface area contributed by atoms with E-state index in [0.717, 1.165) is 36.2 Å². The normalized spacial score (nSPS) is 11.0. The second-order valence-electron chi connectivity index (χ2n) is 4.07. The van der Waals surface area contributed by atoms with Gasteiger partial charge < -0.3 is 14.5 Å². The number of fused-ring (bicyclic) bond motifs is 1. The topological polar surface area (TPSA) is 34.4 Å². The van der Waals surface area contributed by atoms with Gasteiger partial charge in [-0.25, -0.2) is 0 Å². The summed E-state index contributed by atoms with van der Waals surface area (Å²) in [6.45, 7) is 6.03. The first kappa shape index (κ1) is 12.0. The summed E-state index contributed by atoms with van der Waals surface area (Å²) in [6, 6.07) is 4.23. The van der Waals surface area contributed by atoms with Crippen molar-refractivity contribution < 1.29 is 9.15 Å². The summed E-state index contributed by atoms with van der Waals surface area (Å²) in [5, 5.41) is 4.47. The van der Waals surface area contributed by atoms with Crippen molar-refractivity contribution in [3.05, 3.63) is 29.5 Å². The molecule has 1 aromatic heterocycles. The molecule has 0 amide bonds. The van der Waals surface area contributed by atoms with Gasteiger partial charge in [0.05, 0.1) is 13.4 Å². The van der Waals surface area contributed by atoms with Crippen LogP contribution in [0.5, 0.6) is 5.75 Å². The summed E-state index contributed by atoms with van der Waals surface area (Å²) in [5.74, 6) is 0.821. The molecule has 1 heterocycles. The number of ether oxygens (including phenoxy) is 1. The van der Waals surface area contributed by atoms with Gasteiger partial charge in [-0.3, -0.25) is 0 Å². The van der Waals surface area contributed by atoms with Crippen LogP contribution in [0.1, 0.15) is 25.0 Å². The molecular formula is C14H19NO2. The van der Waals surface area contributed by atoms with Crippen molar-refractivity contribution in [3.63, 3.8) is 0 Å². The Morgan fingerprint density at radius 2 is 2.12 bits per heavy atom. The standard InChI is InChI=1S/C14H19NO2/c1-4-10-6-12-11(8-15-5-2)9-17-14(12)13(7-10)16-3/h6-7,9,15H,4-5,8H2,1-3H3. The highest BCUT2D eigenvalue weighted by atomic mass is 16.5. The molecule has 0 bridgehead atoms. The lowest BCUT2D eigenvalue weighted by Gasteiger charge is -2.05. The molecule has 2 rings (SSSR count). The highest BCUT2D eigenvalue weighted by Gasteiger charge is 2.11. The van der Waals surface area contributed by atoms with E-state index in [1.165, 1.54) is 11.1 Å². The van der Waals surface area contributed by atoms with Gasteiger partial charge in [0.1, 0.15) is 0 Å². The number of nitrogens with one attached hydrogen (secondary N) is 1. The number of methoxy groups -OCH3 is 1. The van der Waals surface area contributed by atoms with Crippen LogP contribution in [0.3, 0.4) is 0 Å². The molecule has 17 heavy (non-hydrogen) atoms. The molecule has 0 saturated heterocycles. The van der Waals surface area contributed by atoms with Gasteiger partial charge in [0.25, 0.3) is 0 Å². The van der Waals surface area contributed by atoms with Gasteiger partial charge in [0.15, 0.2) is 11.3 Å². The van der Waals surface area contributed by atoms with Gasteiger partial charge >= 0.3 is 0 Å². The van der Waals surface area contributed by atoms with Crippen LogP contribution in [-0.4, -0.2) is 13.7 Å². The van der Waals surface area contributed by atoms with E-state index in [1.54, 1.807) is 7.11 Å². The molecule has 0 aliphatic heterocycles. The van der Waals surface area contributed by atoms with Crippen molar-refractivity contribution in [3.8, 4) is 5.75 Å².